The minimum Gasteiger partial charge on any atom is -0.460 e. The van der Waals surface area contributed by atoms with E-state index in [-0.39, 0.29) is 12.2 Å². The summed E-state index contributed by atoms with van der Waals surface area (Å²) in [5.74, 6) is 3.22. The first-order chi connectivity index (χ1) is 12.9. The van der Waals surface area contributed by atoms with Crippen LogP contribution in [0.1, 0.15) is 87.4 Å². The maximum Gasteiger partial charge on any atom is 0.231 e. The van der Waals surface area contributed by atoms with Crippen molar-refractivity contribution in [1.82, 2.24) is 0 Å². The van der Waals surface area contributed by atoms with Gasteiger partial charge in [0.05, 0.1) is 0 Å². The van der Waals surface area contributed by atoms with Gasteiger partial charge in [0.1, 0.15) is 16.9 Å². The second-order valence-electron chi connectivity index (χ2n) is 9.65. The van der Waals surface area contributed by atoms with Crippen molar-refractivity contribution in [3.63, 3.8) is 0 Å². The van der Waals surface area contributed by atoms with Crippen LogP contribution in [-0.2, 0) is 5.41 Å². The van der Waals surface area contributed by atoms with E-state index in [1.807, 2.05) is 0 Å². The Morgan fingerprint density at radius 1 is 1.15 bits per heavy atom. The Morgan fingerprint density at radius 3 is 2.74 bits per heavy atom. The standard InChI is InChI=1S/C23H28O4/c1-13-6-7-17-22(2,3)8-5-9-23(17,4)18-14-10-16-21(26-12-25-16)15(11-24)20(14)27-19(13)18/h10-11,13,17H,5-9,12H2,1-4H3/t13-,17+,23+/m1/s1. The number of fused-ring (bicyclic) bond motifs is 6. The fraction of sp³-hybridized carbons (Fsp3) is 0.609. The summed E-state index contributed by atoms with van der Waals surface area (Å²) in [6, 6.07) is 2.05. The lowest BCUT2D eigenvalue weighted by molar-refractivity contribution is 0.0504. The van der Waals surface area contributed by atoms with Crippen molar-refractivity contribution < 1.29 is 18.7 Å². The van der Waals surface area contributed by atoms with Crippen LogP contribution in [0.2, 0.25) is 0 Å². The van der Waals surface area contributed by atoms with Crippen LogP contribution in [-0.4, -0.2) is 13.1 Å². The van der Waals surface area contributed by atoms with E-state index in [4.69, 9.17) is 13.9 Å². The molecular weight excluding hydrogens is 340 g/mol. The van der Waals surface area contributed by atoms with Crippen LogP contribution in [0.5, 0.6) is 11.5 Å². The van der Waals surface area contributed by atoms with Crippen LogP contribution in [0.15, 0.2) is 10.5 Å². The average molecular weight is 368 g/mol. The largest absolute Gasteiger partial charge is 0.460 e. The first kappa shape index (κ1) is 17.2. The normalized spacial score (nSPS) is 31.3. The molecule has 0 radical (unpaired) electrons. The molecule has 144 valence electrons. The molecular formula is C23H28O4. The molecule has 27 heavy (non-hydrogen) atoms. The zero-order valence-electron chi connectivity index (χ0n) is 16.7. The number of carbonyl (C=O) groups is 1. The van der Waals surface area contributed by atoms with E-state index in [2.05, 4.69) is 33.8 Å². The zero-order valence-corrected chi connectivity index (χ0v) is 16.7. The molecule has 0 N–H and O–H groups in total. The molecule has 0 bridgehead atoms. The minimum atomic E-state index is 0.0565. The third-order valence-electron chi connectivity index (χ3n) is 7.63. The Morgan fingerprint density at radius 2 is 1.96 bits per heavy atom. The molecule has 5 rings (SSSR count). The van der Waals surface area contributed by atoms with Gasteiger partial charge in [-0.25, -0.2) is 0 Å². The first-order valence-electron chi connectivity index (χ1n) is 10.2. The average Bonchev–Trinajstić information content (AvgIpc) is 3.20. The molecule has 2 aromatic rings. The highest BCUT2D eigenvalue weighted by Crippen LogP contribution is 2.60. The Hall–Kier alpha value is -1.97. The van der Waals surface area contributed by atoms with E-state index < -0.39 is 0 Å². The summed E-state index contributed by atoms with van der Waals surface area (Å²) in [6.45, 7) is 9.71. The van der Waals surface area contributed by atoms with Crippen molar-refractivity contribution in [2.24, 2.45) is 11.3 Å². The van der Waals surface area contributed by atoms with Crippen LogP contribution in [0.3, 0.4) is 0 Å². The Labute approximate surface area is 160 Å². The smallest absolute Gasteiger partial charge is 0.231 e. The third-order valence-corrected chi connectivity index (χ3v) is 7.63. The summed E-state index contributed by atoms with van der Waals surface area (Å²) in [5.41, 5.74) is 2.86. The quantitative estimate of drug-likeness (QED) is 0.583. The SMILES string of the molecule is C[C@@H]1CC[C@H]2C(C)(C)CCC[C@]2(C)c2c1oc1c(C=O)c3c(cc21)OCO3. The number of benzene rings is 1. The molecule has 3 atom stereocenters. The van der Waals surface area contributed by atoms with Crippen LogP contribution in [0, 0.1) is 11.3 Å². The lowest BCUT2D eigenvalue weighted by atomic mass is 9.53. The fourth-order valence-corrected chi connectivity index (χ4v) is 6.36. The predicted octanol–water partition coefficient (Wildman–Crippen LogP) is 5.96. The van der Waals surface area contributed by atoms with E-state index in [9.17, 15) is 4.79 Å². The molecule has 1 aliphatic heterocycles. The molecule has 3 aliphatic rings. The minimum absolute atomic E-state index is 0.0565. The number of ether oxygens (including phenoxy) is 2. The lowest BCUT2D eigenvalue weighted by Gasteiger charge is -2.50. The van der Waals surface area contributed by atoms with Gasteiger partial charge in [-0.2, -0.15) is 0 Å². The fourth-order valence-electron chi connectivity index (χ4n) is 6.36. The highest BCUT2D eigenvalue weighted by atomic mass is 16.7. The van der Waals surface area contributed by atoms with Crippen molar-refractivity contribution in [2.45, 2.75) is 71.1 Å². The van der Waals surface area contributed by atoms with Crippen molar-refractivity contribution in [3.8, 4) is 11.5 Å². The molecule has 2 heterocycles. The molecule has 0 saturated heterocycles. The molecule has 2 aliphatic carbocycles. The van der Waals surface area contributed by atoms with Gasteiger partial charge in [0.15, 0.2) is 17.8 Å². The van der Waals surface area contributed by atoms with Crippen LogP contribution in [0.25, 0.3) is 11.0 Å². The Bertz CT molecular complexity index is 938. The number of carbonyl (C=O) groups excluding carboxylic acids is 1. The van der Waals surface area contributed by atoms with Gasteiger partial charge in [0, 0.05) is 16.9 Å². The van der Waals surface area contributed by atoms with Crippen molar-refractivity contribution in [1.29, 1.82) is 0 Å². The van der Waals surface area contributed by atoms with Gasteiger partial charge >= 0.3 is 0 Å². The van der Waals surface area contributed by atoms with Gasteiger partial charge in [0.25, 0.3) is 0 Å². The highest BCUT2D eigenvalue weighted by Gasteiger charge is 2.51. The van der Waals surface area contributed by atoms with E-state index >= 15 is 0 Å². The molecule has 1 aromatic carbocycles. The summed E-state index contributed by atoms with van der Waals surface area (Å²) in [5, 5.41) is 1.05. The van der Waals surface area contributed by atoms with Crippen LogP contribution < -0.4 is 9.47 Å². The number of hydrogen-bond donors (Lipinski definition) is 0. The zero-order chi connectivity index (χ0) is 19.0. The molecule has 1 saturated carbocycles. The van der Waals surface area contributed by atoms with Crippen molar-refractivity contribution in [2.75, 3.05) is 6.79 Å². The van der Waals surface area contributed by atoms with Crippen LogP contribution >= 0.6 is 0 Å². The summed E-state index contributed by atoms with van der Waals surface area (Å²) in [6.07, 6.45) is 6.87. The maximum absolute atomic E-state index is 11.9. The van der Waals surface area contributed by atoms with Gasteiger partial charge in [-0.3, -0.25) is 4.79 Å². The van der Waals surface area contributed by atoms with Gasteiger partial charge in [0.2, 0.25) is 6.79 Å². The highest BCUT2D eigenvalue weighted by molar-refractivity contribution is 6.02. The van der Waals surface area contributed by atoms with Crippen molar-refractivity contribution in [3.05, 3.63) is 23.0 Å². The molecule has 0 unspecified atom stereocenters. The Kier molecular flexibility index (Phi) is 3.51. The monoisotopic (exact) mass is 368 g/mol. The number of furan rings is 1. The number of aldehydes is 1. The second-order valence-corrected chi connectivity index (χ2v) is 9.65. The summed E-state index contributed by atoms with van der Waals surface area (Å²) in [4.78, 5) is 11.9. The summed E-state index contributed by atoms with van der Waals surface area (Å²) >= 11 is 0. The second kappa shape index (κ2) is 5.52. The number of hydrogen-bond acceptors (Lipinski definition) is 4. The molecule has 4 nitrogen and oxygen atoms in total. The maximum atomic E-state index is 11.9. The summed E-state index contributed by atoms with van der Waals surface area (Å²) < 4.78 is 17.7. The van der Waals surface area contributed by atoms with E-state index in [0.717, 1.165) is 23.9 Å². The first-order valence-corrected chi connectivity index (χ1v) is 10.2. The molecule has 1 aromatic heterocycles. The van der Waals surface area contributed by atoms with Crippen molar-refractivity contribution >= 4 is 17.3 Å². The molecule has 1 fully saturated rings. The van der Waals surface area contributed by atoms with Crippen LogP contribution in [0.4, 0.5) is 0 Å². The lowest BCUT2D eigenvalue weighted by Crippen LogP contribution is -2.44. The molecule has 0 amide bonds. The predicted molar refractivity (Wildman–Crippen MR) is 104 cm³/mol. The summed E-state index contributed by atoms with van der Waals surface area (Å²) in [7, 11) is 0. The van der Waals surface area contributed by atoms with Gasteiger partial charge in [-0.1, -0.05) is 34.1 Å². The topological polar surface area (TPSA) is 48.7 Å². The van der Waals surface area contributed by atoms with E-state index in [1.54, 1.807) is 0 Å². The molecule has 0 spiro atoms. The van der Waals surface area contributed by atoms with E-state index in [0.29, 0.717) is 39.9 Å². The number of rotatable bonds is 1. The van der Waals surface area contributed by atoms with Gasteiger partial charge in [-0.15, -0.1) is 0 Å². The van der Waals surface area contributed by atoms with E-state index in [1.165, 1.54) is 31.2 Å². The van der Waals surface area contributed by atoms with Gasteiger partial charge < -0.3 is 13.9 Å². The molecule has 4 heteroatoms. The van der Waals surface area contributed by atoms with Gasteiger partial charge in [-0.05, 0) is 48.5 Å². The third kappa shape index (κ3) is 2.19. The Balaban J connectivity index is 1.85.